The van der Waals surface area contributed by atoms with Crippen LogP contribution in [0.4, 0.5) is 5.82 Å². The highest BCUT2D eigenvalue weighted by molar-refractivity contribution is 7.85. The number of nitrogens with zero attached hydrogens (tertiary/aromatic N) is 4. The molecular weight excluding hydrogens is 492 g/mol. The molecule has 3 heterocycles. The first kappa shape index (κ1) is 24.1. The van der Waals surface area contributed by atoms with E-state index in [0.717, 1.165) is 17.2 Å². The van der Waals surface area contributed by atoms with Crippen molar-refractivity contribution in [2.75, 3.05) is 12.3 Å². The fourth-order valence-electron chi connectivity index (χ4n) is 2.74. The lowest BCUT2D eigenvalue weighted by Crippen LogP contribution is -2.35. The Balaban J connectivity index is 1.88. The maximum atomic E-state index is 11.6. The molecule has 21 heteroatoms. The van der Waals surface area contributed by atoms with Gasteiger partial charge in [0, 0.05) is 0 Å². The number of hydrogen-bond donors (Lipinski definition) is 6. The minimum Gasteiger partial charge on any atom is -0.386 e. The molecule has 1 fully saturated rings. The largest absolute Gasteiger partial charge is 0.488 e. The molecule has 1 saturated heterocycles. The van der Waals surface area contributed by atoms with E-state index in [0.29, 0.717) is 0 Å². The highest BCUT2D eigenvalue weighted by Gasteiger charge is 2.49. The fraction of sp³-hybridized carbons (Fsp3) is 0.500. The van der Waals surface area contributed by atoms with E-state index < -0.39 is 57.2 Å². The maximum absolute atomic E-state index is 11.6. The van der Waals surface area contributed by atoms with Crippen LogP contribution in [0.1, 0.15) is 6.23 Å². The van der Waals surface area contributed by atoms with Crippen LogP contribution in [0.3, 0.4) is 0 Å². The van der Waals surface area contributed by atoms with Gasteiger partial charge in [-0.25, -0.2) is 24.1 Å². The standard InChI is InChI=1S/C10H15N5O13P2S/c11-8-5-9(13-2-12-8)15(3-14-5)10-6(16)7(27-29(17,18)19)4(26-10)1-25-30(20,21)28-31(22,23)24/h2-4,6-7,10,16H,1H2,(H,20,21)(H2,11,12,13)(H2,17,18,19)(H,22,23,24)/t4-,6?,7?,10-/m1/s1. The van der Waals surface area contributed by atoms with Gasteiger partial charge in [-0.15, -0.1) is 3.97 Å². The molecule has 18 nitrogen and oxygen atoms in total. The van der Waals surface area contributed by atoms with Crippen molar-refractivity contribution in [1.82, 2.24) is 19.5 Å². The van der Waals surface area contributed by atoms with Crippen molar-refractivity contribution in [3.63, 3.8) is 0 Å². The Morgan fingerprint density at radius 1 is 1.23 bits per heavy atom. The predicted molar refractivity (Wildman–Crippen MR) is 95.0 cm³/mol. The third-order valence-corrected chi connectivity index (χ3v) is 6.32. The first-order chi connectivity index (χ1) is 14.2. The Bertz CT molecular complexity index is 1170. The summed E-state index contributed by atoms with van der Waals surface area (Å²) in [5.74, 6) is -0.0114. The molecule has 0 amide bonds. The summed E-state index contributed by atoms with van der Waals surface area (Å²) < 4.78 is 71.5. The van der Waals surface area contributed by atoms with Gasteiger partial charge in [0.15, 0.2) is 17.7 Å². The number of ether oxygens (including phenoxy) is 1. The van der Waals surface area contributed by atoms with Gasteiger partial charge < -0.3 is 30.3 Å². The normalized spacial score (nSPS) is 26.9. The molecule has 0 aliphatic carbocycles. The van der Waals surface area contributed by atoms with E-state index in [1.807, 2.05) is 0 Å². The van der Waals surface area contributed by atoms with E-state index in [9.17, 15) is 27.5 Å². The van der Waals surface area contributed by atoms with E-state index in [1.165, 1.54) is 0 Å². The lowest BCUT2D eigenvalue weighted by molar-refractivity contribution is -0.0499. The number of aliphatic hydroxyl groups is 1. The Kier molecular flexibility index (Phi) is 6.51. The predicted octanol–water partition coefficient (Wildman–Crippen LogP) is -1.92. The Labute approximate surface area is 172 Å². The van der Waals surface area contributed by atoms with Gasteiger partial charge >= 0.3 is 26.0 Å². The van der Waals surface area contributed by atoms with Crippen LogP contribution < -0.4 is 5.73 Å². The summed E-state index contributed by atoms with van der Waals surface area (Å²) in [6, 6.07) is 0. The molecule has 2 aromatic heterocycles. The Morgan fingerprint density at radius 3 is 2.52 bits per heavy atom. The number of aliphatic hydroxyl groups excluding tert-OH is 1. The molecule has 0 radical (unpaired) electrons. The summed E-state index contributed by atoms with van der Waals surface area (Å²) in [6.07, 6.45) is -4.54. The zero-order valence-corrected chi connectivity index (χ0v) is 17.4. The zero-order chi connectivity index (χ0) is 23.2. The molecule has 0 spiro atoms. The summed E-state index contributed by atoms with van der Waals surface area (Å²) in [6.45, 7) is -1.06. The number of anilines is 1. The maximum Gasteiger partial charge on any atom is 0.488 e. The zero-order valence-electron chi connectivity index (χ0n) is 14.8. The van der Waals surface area contributed by atoms with Crippen LogP contribution in [0.15, 0.2) is 12.7 Å². The second kappa shape index (κ2) is 8.39. The second-order valence-electron chi connectivity index (χ2n) is 5.97. The van der Waals surface area contributed by atoms with Crippen molar-refractivity contribution in [2.45, 2.75) is 24.5 Å². The number of imidazole rings is 1. The van der Waals surface area contributed by atoms with Gasteiger partial charge in [0.05, 0.1) is 12.9 Å². The summed E-state index contributed by atoms with van der Waals surface area (Å²) in [7, 11) is -16.0. The molecule has 2 aromatic rings. The van der Waals surface area contributed by atoms with E-state index >= 15 is 0 Å². The molecule has 7 N–H and O–H groups in total. The van der Waals surface area contributed by atoms with Gasteiger partial charge in [0.2, 0.25) is 0 Å². The van der Waals surface area contributed by atoms with Crippen LogP contribution in [0, 0.1) is 0 Å². The Morgan fingerprint density at radius 2 is 1.90 bits per heavy atom. The average Bonchev–Trinajstić information content (AvgIpc) is 3.13. The summed E-state index contributed by atoms with van der Waals surface area (Å²) in [4.78, 5) is 39.1. The fourth-order valence-corrected chi connectivity index (χ4v) is 4.77. The summed E-state index contributed by atoms with van der Waals surface area (Å²) >= 11 is 0. The quantitative estimate of drug-likeness (QED) is 0.168. The molecule has 31 heavy (non-hydrogen) atoms. The SMILES string of the molecule is Nc1ncnc2c1ncn2[C@@H]1O[C@H](COP(=O)(O)OS(=O)(=O)O)C(OP(=O)(O)O)C1O. The highest BCUT2D eigenvalue weighted by Crippen LogP contribution is 2.48. The van der Waals surface area contributed by atoms with Gasteiger partial charge in [-0.2, -0.15) is 8.42 Å². The van der Waals surface area contributed by atoms with Crippen LogP contribution in [0.2, 0.25) is 0 Å². The van der Waals surface area contributed by atoms with Gasteiger partial charge in [0.25, 0.3) is 0 Å². The molecule has 1 aliphatic heterocycles. The third-order valence-electron chi connectivity index (χ3n) is 3.82. The highest BCUT2D eigenvalue weighted by atomic mass is 32.3. The molecule has 1 aliphatic rings. The van der Waals surface area contributed by atoms with Crippen molar-refractivity contribution in [3.8, 4) is 0 Å². The van der Waals surface area contributed by atoms with Crippen LogP contribution in [0.25, 0.3) is 11.2 Å². The summed E-state index contributed by atoms with van der Waals surface area (Å²) in [5, 5.41) is 10.5. The number of nitrogen functional groups attached to an aromatic ring is 1. The molecular formula is C10H15N5O13P2S. The topological polar surface area (TPSA) is 276 Å². The van der Waals surface area contributed by atoms with Gasteiger partial charge in [-0.1, -0.05) is 0 Å². The minimum atomic E-state index is -5.39. The number of aromatic nitrogens is 4. The molecule has 0 saturated carbocycles. The number of fused-ring (bicyclic) bond motifs is 1. The number of hydrogen-bond acceptors (Lipinski definition) is 13. The first-order valence-electron chi connectivity index (χ1n) is 7.83. The molecule has 3 rings (SSSR count). The molecule has 0 bridgehead atoms. The summed E-state index contributed by atoms with van der Waals surface area (Å²) in [5.41, 5.74) is 5.85. The van der Waals surface area contributed by atoms with E-state index in [2.05, 4.69) is 28.0 Å². The number of phosphoric acid groups is 2. The van der Waals surface area contributed by atoms with Crippen LogP contribution in [0.5, 0.6) is 0 Å². The van der Waals surface area contributed by atoms with Crippen molar-refractivity contribution < 1.29 is 59.6 Å². The molecule has 3 unspecified atom stereocenters. The van der Waals surface area contributed by atoms with Crippen molar-refractivity contribution in [3.05, 3.63) is 12.7 Å². The second-order valence-corrected chi connectivity index (χ2v) is 9.80. The van der Waals surface area contributed by atoms with Crippen LogP contribution in [-0.4, -0.2) is 77.2 Å². The van der Waals surface area contributed by atoms with Gasteiger partial charge in [-0.05, 0) is 0 Å². The Hall–Kier alpha value is -1.60. The van der Waals surface area contributed by atoms with Gasteiger partial charge in [-0.3, -0.25) is 18.2 Å². The molecule has 174 valence electrons. The average molecular weight is 507 g/mol. The molecule has 0 aromatic carbocycles. The van der Waals surface area contributed by atoms with Gasteiger partial charge in [0.1, 0.15) is 30.2 Å². The lowest BCUT2D eigenvalue weighted by Gasteiger charge is -2.21. The van der Waals surface area contributed by atoms with E-state index in [-0.39, 0.29) is 17.0 Å². The number of nitrogens with two attached hydrogens (primary N) is 1. The van der Waals surface area contributed by atoms with Crippen molar-refractivity contribution in [2.24, 2.45) is 0 Å². The first-order valence-corrected chi connectivity index (χ1v) is 12.2. The van der Waals surface area contributed by atoms with E-state index in [1.54, 1.807) is 0 Å². The van der Waals surface area contributed by atoms with Crippen LogP contribution >= 0.6 is 15.6 Å². The lowest BCUT2D eigenvalue weighted by atomic mass is 10.1. The monoisotopic (exact) mass is 507 g/mol. The van der Waals surface area contributed by atoms with Crippen molar-refractivity contribution in [1.29, 1.82) is 0 Å². The molecule has 5 atom stereocenters. The third kappa shape index (κ3) is 5.80. The van der Waals surface area contributed by atoms with E-state index in [4.69, 9.17) is 24.8 Å². The smallest absolute Gasteiger partial charge is 0.386 e. The van der Waals surface area contributed by atoms with Crippen LogP contribution in [-0.2, 0) is 37.3 Å². The minimum absolute atomic E-state index is 0.0114. The number of phosphoric ester groups is 2. The van der Waals surface area contributed by atoms with Crippen molar-refractivity contribution >= 4 is 43.0 Å². The number of rotatable bonds is 8.